The summed E-state index contributed by atoms with van der Waals surface area (Å²) in [7, 11) is 0. The predicted molar refractivity (Wildman–Crippen MR) is 56.6 cm³/mol. The number of hydrogen-bond donors (Lipinski definition) is 2. The second kappa shape index (κ2) is 3.95. The highest BCUT2D eigenvalue weighted by Gasteiger charge is 1.97. The molecule has 0 saturated carbocycles. The SMILES string of the molecule is NCCC#Cc1cncc2[nH]ccc12. The highest BCUT2D eigenvalue weighted by atomic mass is 14.7. The summed E-state index contributed by atoms with van der Waals surface area (Å²) in [6.07, 6.45) is 6.18. The third kappa shape index (κ3) is 1.61. The second-order valence-corrected chi connectivity index (χ2v) is 2.97. The maximum atomic E-state index is 5.36. The molecule has 0 amide bonds. The van der Waals surface area contributed by atoms with Crippen LogP contribution in [-0.4, -0.2) is 16.5 Å². The third-order valence-electron chi connectivity index (χ3n) is 1.97. The molecule has 0 radical (unpaired) electrons. The first kappa shape index (κ1) is 8.79. The van der Waals surface area contributed by atoms with Crippen LogP contribution in [0.3, 0.4) is 0 Å². The summed E-state index contributed by atoms with van der Waals surface area (Å²) in [5, 5.41) is 1.12. The van der Waals surface area contributed by atoms with Crippen molar-refractivity contribution in [1.29, 1.82) is 0 Å². The molecular formula is C11H11N3. The first-order valence-corrected chi connectivity index (χ1v) is 4.52. The molecular weight excluding hydrogens is 174 g/mol. The van der Waals surface area contributed by atoms with Crippen LogP contribution < -0.4 is 5.73 Å². The Morgan fingerprint density at radius 3 is 3.21 bits per heavy atom. The number of nitrogens with two attached hydrogens (primary N) is 1. The summed E-state index contributed by atoms with van der Waals surface area (Å²) >= 11 is 0. The molecule has 0 aromatic carbocycles. The molecule has 0 bridgehead atoms. The minimum Gasteiger partial charge on any atom is -0.360 e. The average molecular weight is 185 g/mol. The zero-order chi connectivity index (χ0) is 9.80. The highest BCUT2D eigenvalue weighted by molar-refractivity contribution is 5.84. The van der Waals surface area contributed by atoms with Crippen molar-refractivity contribution in [3.8, 4) is 11.8 Å². The quantitative estimate of drug-likeness (QED) is 0.657. The molecule has 2 heterocycles. The minimum absolute atomic E-state index is 0.601. The van der Waals surface area contributed by atoms with Gasteiger partial charge in [0.1, 0.15) is 0 Å². The van der Waals surface area contributed by atoms with Crippen molar-refractivity contribution in [3.05, 3.63) is 30.2 Å². The van der Waals surface area contributed by atoms with Crippen LogP contribution in [0.4, 0.5) is 0 Å². The largest absolute Gasteiger partial charge is 0.360 e. The molecule has 2 rings (SSSR count). The van der Waals surface area contributed by atoms with Crippen LogP contribution in [0.25, 0.3) is 10.9 Å². The number of nitrogens with one attached hydrogen (secondary N) is 1. The molecule has 3 N–H and O–H groups in total. The van der Waals surface area contributed by atoms with E-state index in [0.717, 1.165) is 22.9 Å². The standard InChI is InChI=1S/C11H11N3/c12-5-2-1-3-9-7-13-8-11-10(9)4-6-14-11/h4,6-8,14H,2,5,12H2. The number of H-pyrrole nitrogens is 1. The zero-order valence-corrected chi connectivity index (χ0v) is 7.75. The molecule has 0 fully saturated rings. The monoisotopic (exact) mass is 185 g/mol. The molecule has 0 saturated heterocycles. The van der Waals surface area contributed by atoms with E-state index in [-0.39, 0.29) is 0 Å². The number of hydrogen-bond acceptors (Lipinski definition) is 2. The van der Waals surface area contributed by atoms with Crippen molar-refractivity contribution < 1.29 is 0 Å². The van der Waals surface area contributed by atoms with E-state index in [9.17, 15) is 0 Å². The number of aromatic nitrogens is 2. The normalized spacial score (nSPS) is 9.79. The van der Waals surface area contributed by atoms with Crippen molar-refractivity contribution in [1.82, 2.24) is 9.97 Å². The van der Waals surface area contributed by atoms with Gasteiger partial charge in [-0.1, -0.05) is 11.8 Å². The number of rotatable bonds is 1. The second-order valence-electron chi connectivity index (χ2n) is 2.97. The van der Waals surface area contributed by atoms with Gasteiger partial charge in [0.15, 0.2) is 0 Å². The Labute approximate surface area is 82.3 Å². The van der Waals surface area contributed by atoms with Gasteiger partial charge in [-0.15, -0.1) is 0 Å². The van der Waals surface area contributed by atoms with Crippen LogP contribution in [0.5, 0.6) is 0 Å². The van der Waals surface area contributed by atoms with Gasteiger partial charge in [-0.05, 0) is 6.07 Å². The molecule has 70 valence electrons. The summed E-state index contributed by atoms with van der Waals surface area (Å²) < 4.78 is 0. The van der Waals surface area contributed by atoms with Gasteiger partial charge in [0.25, 0.3) is 0 Å². The molecule has 3 nitrogen and oxygen atoms in total. The maximum Gasteiger partial charge on any atom is 0.0653 e. The minimum atomic E-state index is 0.601. The van der Waals surface area contributed by atoms with E-state index < -0.39 is 0 Å². The Kier molecular flexibility index (Phi) is 2.48. The molecule has 0 aliphatic carbocycles. The van der Waals surface area contributed by atoms with E-state index >= 15 is 0 Å². The Hall–Kier alpha value is -1.79. The fourth-order valence-corrected chi connectivity index (χ4v) is 1.31. The van der Waals surface area contributed by atoms with Crippen molar-refractivity contribution in [2.24, 2.45) is 5.73 Å². The van der Waals surface area contributed by atoms with Gasteiger partial charge in [0, 0.05) is 30.7 Å². The van der Waals surface area contributed by atoms with E-state index in [1.165, 1.54) is 0 Å². The lowest BCUT2D eigenvalue weighted by atomic mass is 10.2. The van der Waals surface area contributed by atoms with Gasteiger partial charge in [0.2, 0.25) is 0 Å². The van der Waals surface area contributed by atoms with E-state index in [2.05, 4.69) is 21.8 Å². The van der Waals surface area contributed by atoms with Crippen LogP contribution in [-0.2, 0) is 0 Å². The van der Waals surface area contributed by atoms with E-state index in [4.69, 9.17) is 5.73 Å². The molecule has 2 aromatic rings. The topological polar surface area (TPSA) is 54.7 Å². The average Bonchev–Trinajstić information content (AvgIpc) is 2.67. The summed E-state index contributed by atoms with van der Waals surface area (Å²) in [6.45, 7) is 0.601. The molecule has 0 atom stereocenters. The number of aromatic amines is 1. The molecule has 0 unspecified atom stereocenters. The molecule has 2 aromatic heterocycles. The van der Waals surface area contributed by atoms with Crippen molar-refractivity contribution in [2.45, 2.75) is 6.42 Å². The summed E-state index contributed by atoms with van der Waals surface area (Å²) in [5.74, 6) is 6.07. The molecule has 0 aliphatic heterocycles. The Bertz CT molecular complexity index is 488. The number of fused-ring (bicyclic) bond motifs is 1. The number of nitrogens with zero attached hydrogens (tertiary/aromatic N) is 1. The lowest BCUT2D eigenvalue weighted by molar-refractivity contribution is 1.03. The van der Waals surface area contributed by atoms with Crippen molar-refractivity contribution in [3.63, 3.8) is 0 Å². The molecule has 3 heteroatoms. The fraction of sp³-hybridized carbons (Fsp3) is 0.182. The van der Waals surface area contributed by atoms with Gasteiger partial charge >= 0.3 is 0 Å². The third-order valence-corrected chi connectivity index (χ3v) is 1.97. The van der Waals surface area contributed by atoms with Crippen LogP contribution in [0.1, 0.15) is 12.0 Å². The number of pyridine rings is 1. The van der Waals surface area contributed by atoms with E-state index in [0.29, 0.717) is 6.54 Å². The van der Waals surface area contributed by atoms with Crippen LogP contribution in [0.15, 0.2) is 24.7 Å². The van der Waals surface area contributed by atoms with E-state index in [1.54, 1.807) is 12.4 Å². The molecule has 0 aliphatic rings. The molecule has 14 heavy (non-hydrogen) atoms. The molecule has 0 spiro atoms. The Morgan fingerprint density at radius 1 is 1.43 bits per heavy atom. The van der Waals surface area contributed by atoms with Gasteiger partial charge in [-0.2, -0.15) is 0 Å². The predicted octanol–water partition coefficient (Wildman–Crippen LogP) is 1.26. The summed E-state index contributed by atoms with van der Waals surface area (Å²) in [5.41, 5.74) is 7.33. The summed E-state index contributed by atoms with van der Waals surface area (Å²) in [4.78, 5) is 7.19. The fourth-order valence-electron chi connectivity index (χ4n) is 1.31. The maximum absolute atomic E-state index is 5.36. The Balaban J connectivity index is 2.43. The van der Waals surface area contributed by atoms with Gasteiger partial charge in [-0.3, -0.25) is 4.98 Å². The van der Waals surface area contributed by atoms with Crippen molar-refractivity contribution >= 4 is 10.9 Å². The van der Waals surface area contributed by atoms with Crippen molar-refractivity contribution in [2.75, 3.05) is 6.54 Å². The smallest absolute Gasteiger partial charge is 0.0653 e. The first-order chi connectivity index (χ1) is 6.92. The van der Waals surface area contributed by atoms with E-state index in [1.807, 2.05) is 12.3 Å². The van der Waals surface area contributed by atoms with Crippen LogP contribution in [0.2, 0.25) is 0 Å². The lowest BCUT2D eigenvalue weighted by Crippen LogP contribution is -1.95. The summed E-state index contributed by atoms with van der Waals surface area (Å²) in [6, 6.07) is 2.00. The van der Waals surface area contributed by atoms with Gasteiger partial charge < -0.3 is 10.7 Å². The van der Waals surface area contributed by atoms with Crippen LogP contribution >= 0.6 is 0 Å². The van der Waals surface area contributed by atoms with Gasteiger partial charge in [-0.25, -0.2) is 0 Å². The zero-order valence-electron chi connectivity index (χ0n) is 7.75. The highest BCUT2D eigenvalue weighted by Crippen LogP contribution is 2.14. The van der Waals surface area contributed by atoms with Crippen LogP contribution in [0, 0.1) is 11.8 Å². The van der Waals surface area contributed by atoms with Gasteiger partial charge in [0.05, 0.1) is 17.3 Å². The first-order valence-electron chi connectivity index (χ1n) is 4.52. The lowest BCUT2D eigenvalue weighted by Gasteiger charge is -1.92. The Morgan fingerprint density at radius 2 is 2.36 bits per heavy atom.